The van der Waals surface area contributed by atoms with Crippen molar-refractivity contribution in [3.63, 3.8) is 0 Å². The molecule has 4 rings (SSSR count). The summed E-state index contributed by atoms with van der Waals surface area (Å²) in [5, 5.41) is 3.19. The zero-order valence-electron chi connectivity index (χ0n) is 15.8. The molecule has 1 amide bonds. The monoisotopic (exact) mass is 372 g/mol. The van der Waals surface area contributed by atoms with Gasteiger partial charge in [0.15, 0.2) is 0 Å². The van der Waals surface area contributed by atoms with Gasteiger partial charge in [0.1, 0.15) is 0 Å². The second-order valence-corrected chi connectivity index (χ2v) is 7.15. The first-order chi connectivity index (χ1) is 13.8. The summed E-state index contributed by atoms with van der Waals surface area (Å²) in [5.74, 6) is 0.769. The highest BCUT2D eigenvalue weighted by atomic mass is 16.1. The molecule has 0 unspecified atom stereocenters. The fraction of sp³-hybridized carbons (Fsp3) is 0.261. The molecule has 3 aromatic rings. The van der Waals surface area contributed by atoms with Gasteiger partial charge in [-0.3, -0.25) is 4.79 Å². The zero-order chi connectivity index (χ0) is 19.2. The second-order valence-electron chi connectivity index (χ2n) is 7.15. The average molecular weight is 372 g/mol. The maximum Gasteiger partial charge on any atom is 0.251 e. The van der Waals surface area contributed by atoms with Crippen LogP contribution >= 0.6 is 0 Å². The summed E-state index contributed by atoms with van der Waals surface area (Å²) in [6.45, 7) is 1.70. The van der Waals surface area contributed by atoms with Crippen molar-refractivity contribution in [2.75, 3.05) is 18.0 Å². The lowest BCUT2D eigenvalue weighted by Crippen LogP contribution is -2.45. The molecule has 2 heterocycles. The minimum Gasteiger partial charge on any atom is -0.349 e. The molecule has 0 bridgehead atoms. The Balaban J connectivity index is 1.33. The molecular formula is C23H24N4O. The molecular weight excluding hydrogens is 348 g/mol. The maximum atomic E-state index is 12.7. The van der Waals surface area contributed by atoms with Crippen molar-refractivity contribution in [1.29, 1.82) is 0 Å². The predicted molar refractivity (Wildman–Crippen MR) is 110 cm³/mol. The maximum absolute atomic E-state index is 12.7. The van der Waals surface area contributed by atoms with E-state index < -0.39 is 0 Å². The molecule has 2 aromatic carbocycles. The first-order valence-corrected chi connectivity index (χ1v) is 9.73. The summed E-state index contributed by atoms with van der Waals surface area (Å²) < 4.78 is 0. The minimum atomic E-state index is 0.00400. The number of benzene rings is 2. The number of hydrogen-bond acceptors (Lipinski definition) is 4. The van der Waals surface area contributed by atoms with Crippen LogP contribution in [0, 0.1) is 0 Å². The molecule has 0 aliphatic carbocycles. The molecule has 1 aromatic heterocycles. The van der Waals surface area contributed by atoms with Crippen molar-refractivity contribution in [1.82, 2.24) is 15.3 Å². The van der Waals surface area contributed by atoms with E-state index in [-0.39, 0.29) is 11.9 Å². The van der Waals surface area contributed by atoms with Gasteiger partial charge < -0.3 is 10.2 Å². The lowest BCUT2D eigenvalue weighted by atomic mass is 10.0. The quantitative estimate of drug-likeness (QED) is 0.745. The van der Waals surface area contributed by atoms with Crippen molar-refractivity contribution in [2.24, 2.45) is 0 Å². The third kappa shape index (κ3) is 4.55. The first-order valence-electron chi connectivity index (χ1n) is 9.73. The molecule has 5 heteroatoms. The third-order valence-electron chi connectivity index (χ3n) is 5.11. The van der Waals surface area contributed by atoms with Crippen LogP contribution in [0.4, 0.5) is 5.95 Å². The summed E-state index contributed by atoms with van der Waals surface area (Å²) in [6.07, 6.45) is 6.15. The topological polar surface area (TPSA) is 58.1 Å². The fourth-order valence-electron chi connectivity index (χ4n) is 3.60. The van der Waals surface area contributed by atoms with Gasteiger partial charge in [0.05, 0.1) is 0 Å². The van der Waals surface area contributed by atoms with E-state index in [0.29, 0.717) is 0 Å². The number of amides is 1. The Kier molecular flexibility index (Phi) is 5.61. The Labute approximate surface area is 165 Å². The van der Waals surface area contributed by atoms with Crippen LogP contribution in [0.1, 0.15) is 34.3 Å². The minimum absolute atomic E-state index is 0.00400. The molecule has 1 aliphatic rings. The standard InChI is InChI=1S/C23H24N4O/c28-22(20-9-4-8-19(17-20)16-18-6-2-1-3-7-18)26-21-10-14-27(15-11-21)23-24-12-5-13-25-23/h1-9,12-13,17,21H,10-11,14-16H2,(H,26,28). The van der Waals surface area contributed by atoms with Crippen LogP contribution < -0.4 is 10.2 Å². The molecule has 0 radical (unpaired) electrons. The molecule has 1 aliphatic heterocycles. The largest absolute Gasteiger partial charge is 0.349 e. The van der Waals surface area contributed by atoms with Gasteiger partial charge in [0, 0.05) is 37.1 Å². The number of aromatic nitrogens is 2. The third-order valence-corrected chi connectivity index (χ3v) is 5.11. The van der Waals surface area contributed by atoms with E-state index in [1.807, 2.05) is 42.5 Å². The van der Waals surface area contributed by atoms with Gasteiger partial charge in [-0.05, 0) is 48.6 Å². The number of carbonyl (C=O) groups is 1. The van der Waals surface area contributed by atoms with Crippen LogP contribution in [-0.4, -0.2) is 35.0 Å². The van der Waals surface area contributed by atoms with Gasteiger partial charge in [-0.25, -0.2) is 9.97 Å². The van der Waals surface area contributed by atoms with E-state index in [2.05, 4.69) is 38.4 Å². The molecule has 1 fully saturated rings. The lowest BCUT2D eigenvalue weighted by molar-refractivity contribution is 0.0931. The average Bonchev–Trinajstić information content (AvgIpc) is 2.76. The number of hydrogen-bond donors (Lipinski definition) is 1. The van der Waals surface area contributed by atoms with Gasteiger partial charge >= 0.3 is 0 Å². The summed E-state index contributed by atoms with van der Waals surface area (Å²) in [5.41, 5.74) is 3.12. The van der Waals surface area contributed by atoms with Crippen molar-refractivity contribution >= 4 is 11.9 Å². The Morgan fingerprint density at radius 2 is 1.64 bits per heavy atom. The van der Waals surface area contributed by atoms with Gasteiger partial charge in [-0.1, -0.05) is 42.5 Å². The van der Waals surface area contributed by atoms with E-state index >= 15 is 0 Å². The summed E-state index contributed by atoms with van der Waals surface area (Å²) >= 11 is 0. The molecule has 28 heavy (non-hydrogen) atoms. The molecule has 1 saturated heterocycles. The normalized spacial score (nSPS) is 14.6. The highest BCUT2D eigenvalue weighted by molar-refractivity contribution is 5.94. The summed E-state index contributed by atoms with van der Waals surface area (Å²) in [4.78, 5) is 23.5. The Hall–Kier alpha value is -3.21. The molecule has 5 nitrogen and oxygen atoms in total. The van der Waals surface area contributed by atoms with Crippen LogP contribution in [0.15, 0.2) is 73.1 Å². The van der Waals surface area contributed by atoms with Gasteiger partial charge in [-0.15, -0.1) is 0 Å². The molecule has 0 saturated carbocycles. The number of nitrogens with zero attached hydrogens (tertiary/aromatic N) is 3. The van der Waals surface area contributed by atoms with Crippen molar-refractivity contribution < 1.29 is 4.79 Å². The Bertz CT molecular complexity index is 906. The number of anilines is 1. The van der Waals surface area contributed by atoms with E-state index in [1.165, 1.54) is 5.56 Å². The number of rotatable bonds is 5. The summed E-state index contributed by atoms with van der Waals surface area (Å²) in [6, 6.07) is 20.2. The van der Waals surface area contributed by atoms with Crippen LogP contribution in [0.25, 0.3) is 0 Å². The van der Waals surface area contributed by atoms with E-state index in [4.69, 9.17) is 0 Å². The predicted octanol–water partition coefficient (Wildman–Crippen LogP) is 3.47. The van der Waals surface area contributed by atoms with Gasteiger partial charge in [0.2, 0.25) is 5.95 Å². The SMILES string of the molecule is O=C(NC1CCN(c2ncccn2)CC1)c1cccc(Cc2ccccc2)c1. The smallest absolute Gasteiger partial charge is 0.251 e. The Morgan fingerprint density at radius 1 is 0.929 bits per heavy atom. The van der Waals surface area contributed by atoms with Crippen molar-refractivity contribution in [3.8, 4) is 0 Å². The van der Waals surface area contributed by atoms with Gasteiger partial charge in [0.25, 0.3) is 5.91 Å². The highest BCUT2D eigenvalue weighted by Crippen LogP contribution is 2.16. The second kappa shape index (κ2) is 8.65. The van der Waals surface area contributed by atoms with Crippen LogP contribution in [0.5, 0.6) is 0 Å². The van der Waals surface area contributed by atoms with E-state index in [9.17, 15) is 4.79 Å². The van der Waals surface area contributed by atoms with Crippen LogP contribution in [-0.2, 0) is 6.42 Å². The van der Waals surface area contributed by atoms with Crippen molar-refractivity contribution in [2.45, 2.75) is 25.3 Å². The summed E-state index contributed by atoms with van der Waals surface area (Å²) in [7, 11) is 0. The highest BCUT2D eigenvalue weighted by Gasteiger charge is 2.22. The number of carbonyl (C=O) groups excluding carboxylic acids is 1. The van der Waals surface area contributed by atoms with Crippen LogP contribution in [0.3, 0.4) is 0 Å². The lowest BCUT2D eigenvalue weighted by Gasteiger charge is -2.32. The number of piperidine rings is 1. The molecule has 142 valence electrons. The van der Waals surface area contributed by atoms with Gasteiger partial charge in [-0.2, -0.15) is 0 Å². The zero-order valence-corrected chi connectivity index (χ0v) is 15.8. The molecule has 0 atom stereocenters. The van der Waals surface area contributed by atoms with E-state index in [1.54, 1.807) is 12.4 Å². The molecule has 0 spiro atoms. The Morgan fingerprint density at radius 3 is 2.39 bits per heavy atom. The first kappa shape index (κ1) is 18.2. The van der Waals surface area contributed by atoms with Crippen LogP contribution in [0.2, 0.25) is 0 Å². The van der Waals surface area contributed by atoms with Crippen molar-refractivity contribution in [3.05, 3.63) is 89.7 Å². The fourth-order valence-corrected chi connectivity index (χ4v) is 3.60. The van der Waals surface area contributed by atoms with E-state index in [0.717, 1.165) is 49.4 Å². The molecule has 1 N–H and O–H groups in total. The number of nitrogens with one attached hydrogen (secondary N) is 1.